The Morgan fingerprint density at radius 2 is 1.79 bits per heavy atom. The predicted molar refractivity (Wildman–Crippen MR) is 195 cm³/mol. The zero-order valence-electron chi connectivity index (χ0n) is 31.5. The molecule has 1 heterocycles. The van der Waals surface area contributed by atoms with Gasteiger partial charge in [0.25, 0.3) is 0 Å². The molecular weight excluding hydrogens is 674 g/mol. The largest absolute Gasteiger partial charge is 0.450 e. The number of aldehydes is 1. The van der Waals surface area contributed by atoms with E-state index >= 15 is 0 Å². The van der Waals surface area contributed by atoms with Crippen LogP contribution in [0.5, 0.6) is 0 Å². The first-order chi connectivity index (χ1) is 25.4. The third-order valence-electron chi connectivity index (χ3n) is 17.5. The molecule has 0 radical (unpaired) electrons. The van der Waals surface area contributed by atoms with E-state index in [0.717, 1.165) is 49.7 Å². The zero-order chi connectivity index (χ0) is 37.1. The standard InChI is InChI=1S/C43H61NO9/c1-39-13-12-34-40(23-45)14-11-33(46)31-18-25-9-5-10-28(24-7-3-4-8-24)29(25)19-32(42(31,40)50)38(48)43(34,51)41(39,49)21-26-17-27(22-44-15-6-16-52-2)37-30(36(26)39)20-35(47)53-37/h5,9,17,20,23-26,28-29,31-34,36-38,44,46,48-51H,3-4,6-8,10-16,18-19,21-22H2,1-2H3/t25-,26-,28-,29+,31+,32+,33+,34-,36-,37+,38-,39-,40+,41-,42-,43-/m1/s1. The summed E-state index contributed by atoms with van der Waals surface area (Å²) >= 11 is 0. The first-order valence-corrected chi connectivity index (χ1v) is 20.9. The predicted octanol–water partition coefficient (Wildman–Crippen LogP) is 3.39. The molecular formula is C43H61NO9. The number of esters is 1. The van der Waals surface area contributed by atoms with E-state index in [9.17, 15) is 35.1 Å². The third-order valence-corrected chi connectivity index (χ3v) is 17.5. The van der Waals surface area contributed by atoms with Crippen LogP contribution in [0.25, 0.3) is 0 Å². The molecule has 9 aliphatic rings. The van der Waals surface area contributed by atoms with E-state index in [-0.39, 0.29) is 36.5 Å². The summed E-state index contributed by atoms with van der Waals surface area (Å²) in [5.41, 5.74) is -6.40. The monoisotopic (exact) mass is 735 g/mol. The number of aliphatic hydroxyl groups is 5. The maximum atomic E-state index is 14.0. The Morgan fingerprint density at radius 1 is 1.00 bits per heavy atom. The highest BCUT2D eigenvalue weighted by atomic mass is 16.5. The van der Waals surface area contributed by atoms with Crippen LogP contribution < -0.4 is 5.32 Å². The quantitative estimate of drug-likeness (QED) is 0.0943. The summed E-state index contributed by atoms with van der Waals surface area (Å²) < 4.78 is 11.1. The Hall–Kier alpha value is -1.92. The van der Waals surface area contributed by atoms with Gasteiger partial charge in [0.1, 0.15) is 23.6 Å². The maximum absolute atomic E-state index is 14.0. The van der Waals surface area contributed by atoms with Crippen molar-refractivity contribution in [1.82, 2.24) is 5.32 Å². The third kappa shape index (κ3) is 4.69. The van der Waals surface area contributed by atoms with Crippen LogP contribution >= 0.6 is 0 Å². The molecule has 10 heteroatoms. The molecule has 0 aromatic rings. The number of hydrogen-bond acceptors (Lipinski definition) is 10. The highest BCUT2D eigenvalue weighted by molar-refractivity contribution is 5.87. The van der Waals surface area contributed by atoms with Gasteiger partial charge < -0.3 is 45.1 Å². The van der Waals surface area contributed by atoms with Gasteiger partial charge in [-0.1, -0.05) is 50.8 Å². The molecule has 0 saturated heterocycles. The number of fused-ring (bicyclic) bond motifs is 9. The van der Waals surface area contributed by atoms with Crippen molar-refractivity contribution in [3.63, 3.8) is 0 Å². The molecule has 0 amide bonds. The number of carbonyl (C=O) groups excluding carboxylic acids is 2. The van der Waals surface area contributed by atoms with Gasteiger partial charge in [0.2, 0.25) is 0 Å². The van der Waals surface area contributed by atoms with Crippen molar-refractivity contribution in [2.24, 2.45) is 64.1 Å². The molecule has 0 bridgehead atoms. The normalized spacial score (nSPS) is 52.5. The van der Waals surface area contributed by atoms with E-state index in [1.165, 1.54) is 12.8 Å². The van der Waals surface area contributed by atoms with Gasteiger partial charge in [-0.2, -0.15) is 0 Å². The molecule has 0 spiro atoms. The molecule has 8 aliphatic carbocycles. The molecule has 9 rings (SSSR count). The fourth-order valence-electron chi connectivity index (χ4n) is 15.4. The number of rotatable bonds is 8. The van der Waals surface area contributed by atoms with Crippen molar-refractivity contribution in [3.05, 3.63) is 35.5 Å². The second-order valence-corrected chi connectivity index (χ2v) is 19.2. The van der Waals surface area contributed by atoms with Crippen molar-refractivity contribution >= 4 is 12.3 Å². The number of allylic oxidation sites excluding steroid dienone is 3. The first-order valence-electron chi connectivity index (χ1n) is 20.9. The maximum Gasteiger partial charge on any atom is 0.331 e. The molecule has 6 saturated carbocycles. The Balaban J connectivity index is 1.14. The minimum Gasteiger partial charge on any atom is -0.450 e. The van der Waals surface area contributed by atoms with Crippen LogP contribution in [0.15, 0.2) is 35.5 Å². The second kappa shape index (κ2) is 12.8. The van der Waals surface area contributed by atoms with E-state index in [2.05, 4.69) is 23.5 Å². The van der Waals surface area contributed by atoms with Gasteiger partial charge in [0, 0.05) is 49.5 Å². The van der Waals surface area contributed by atoms with E-state index in [0.29, 0.717) is 57.1 Å². The minimum atomic E-state index is -2.12. The summed E-state index contributed by atoms with van der Waals surface area (Å²) in [5, 5.41) is 68.9. The van der Waals surface area contributed by atoms with Crippen LogP contribution in [0, 0.1) is 64.1 Å². The minimum absolute atomic E-state index is 0.0908. The van der Waals surface area contributed by atoms with Gasteiger partial charge in [0.05, 0.1) is 23.2 Å². The van der Waals surface area contributed by atoms with Crippen molar-refractivity contribution in [3.8, 4) is 0 Å². The van der Waals surface area contributed by atoms with Gasteiger partial charge in [-0.15, -0.1) is 0 Å². The average molecular weight is 736 g/mol. The fourth-order valence-corrected chi connectivity index (χ4v) is 15.4. The molecule has 6 fully saturated rings. The number of methoxy groups -OCH3 is 1. The molecule has 16 atom stereocenters. The van der Waals surface area contributed by atoms with Gasteiger partial charge in [-0.3, -0.25) is 0 Å². The molecule has 10 nitrogen and oxygen atoms in total. The number of nitrogens with one attached hydrogen (secondary N) is 1. The van der Waals surface area contributed by atoms with E-state index in [1.54, 1.807) is 13.2 Å². The second-order valence-electron chi connectivity index (χ2n) is 19.2. The van der Waals surface area contributed by atoms with Crippen LogP contribution in [0.4, 0.5) is 0 Å². The Morgan fingerprint density at radius 3 is 2.55 bits per heavy atom. The summed E-state index contributed by atoms with van der Waals surface area (Å²) in [7, 11) is 1.67. The van der Waals surface area contributed by atoms with Crippen molar-refractivity contribution in [2.45, 2.75) is 126 Å². The lowest BCUT2D eigenvalue weighted by Crippen LogP contribution is -2.85. The summed E-state index contributed by atoms with van der Waals surface area (Å²) in [6.45, 7) is 3.85. The van der Waals surface area contributed by atoms with Crippen molar-refractivity contribution < 1.29 is 44.6 Å². The Kier molecular flexibility index (Phi) is 8.86. The van der Waals surface area contributed by atoms with E-state index < -0.39 is 69.7 Å². The molecule has 0 aromatic heterocycles. The lowest BCUT2D eigenvalue weighted by molar-refractivity contribution is -0.373. The first kappa shape index (κ1) is 36.7. The van der Waals surface area contributed by atoms with Gasteiger partial charge in [-0.05, 0) is 111 Å². The molecule has 6 N–H and O–H groups in total. The van der Waals surface area contributed by atoms with Crippen LogP contribution in [0.2, 0.25) is 0 Å². The Labute approximate surface area is 313 Å². The van der Waals surface area contributed by atoms with Crippen LogP contribution in [-0.2, 0) is 19.1 Å². The molecule has 0 aromatic carbocycles. The van der Waals surface area contributed by atoms with Gasteiger partial charge >= 0.3 is 5.97 Å². The Bertz CT molecular complexity index is 1590. The average Bonchev–Trinajstić information content (AvgIpc) is 3.84. The summed E-state index contributed by atoms with van der Waals surface area (Å²) in [6.07, 6.45) is 15.0. The van der Waals surface area contributed by atoms with Gasteiger partial charge in [0.15, 0.2) is 0 Å². The highest BCUT2D eigenvalue weighted by Crippen LogP contribution is 2.76. The number of carbonyl (C=O) groups is 2. The summed E-state index contributed by atoms with van der Waals surface area (Å²) in [6, 6.07) is 0. The zero-order valence-corrected chi connectivity index (χ0v) is 31.5. The lowest BCUT2D eigenvalue weighted by Gasteiger charge is -2.72. The molecule has 0 unspecified atom stereocenters. The summed E-state index contributed by atoms with van der Waals surface area (Å²) in [5.74, 6) is -2.33. The summed E-state index contributed by atoms with van der Waals surface area (Å²) in [4.78, 5) is 26.9. The molecule has 292 valence electrons. The number of hydrogen-bond donors (Lipinski definition) is 6. The smallest absolute Gasteiger partial charge is 0.331 e. The van der Waals surface area contributed by atoms with Crippen LogP contribution in [0.3, 0.4) is 0 Å². The number of aliphatic hydroxyl groups excluding tert-OH is 2. The van der Waals surface area contributed by atoms with E-state index in [1.807, 2.05) is 6.92 Å². The number of ether oxygens (including phenoxy) is 2. The van der Waals surface area contributed by atoms with Crippen molar-refractivity contribution in [1.29, 1.82) is 0 Å². The highest BCUT2D eigenvalue weighted by Gasteiger charge is 2.84. The van der Waals surface area contributed by atoms with Gasteiger partial charge in [-0.25, -0.2) is 4.79 Å². The lowest BCUT2D eigenvalue weighted by atomic mass is 9.35. The SMILES string of the molecule is COCCCNCC1=C[C@@H]2C[C@]3(O)[C@]4(O)[C@H](O)[C@@H]5C[C@H]6[C@H](C=CC[C@@H]6C6CCCC6)C[C@H]6[C@@H](O)CC[C@](C=O)([C@H]4CC[C@]3(C)[C@H]2C2=CC(=O)O[C@@H]12)[C@]56O. The van der Waals surface area contributed by atoms with Crippen molar-refractivity contribution in [2.75, 3.05) is 26.8 Å². The fraction of sp³-hybridized carbons (Fsp3) is 0.814. The molecule has 53 heavy (non-hydrogen) atoms. The van der Waals surface area contributed by atoms with Crippen LogP contribution in [0.1, 0.15) is 90.4 Å². The van der Waals surface area contributed by atoms with Crippen LogP contribution in [-0.4, -0.2) is 99.7 Å². The topological polar surface area (TPSA) is 166 Å². The molecule has 1 aliphatic heterocycles. The van der Waals surface area contributed by atoms with E-state index in [4.69, 9.17) is 9.47 Å².